The van der Waals surface area contributed by atoms with Crippen molar-refractivity contribution in [1.29, 1.82) is 0 Å². The van der Waals surface area contributed by atoms with E-state index in [0.717, 1.165) is 24.3 Å². The molecule has 0 aromatic heterocycles. The summed E-state index contributed by atoms with van der Waals surface area (Å²) in [6.45, 7) is 0.756. The number of carbonyl (C=O) groups excluding carboxylic acids is 1. The van der Waals surface area contributed by atoms with Crippen LogP contribution in [0.15, 0.2) is 48.5 Å². The molecule has 5 heteroatoms. The maximum Gasteiger partial charge on any atom is 0.224 e. The Morgan fingerprint density at radius 1 is 1.13 bits per heavy atom. The molecule has 0 bridgehead atoms. The average Bonchev–Trinajstić information content (AvgIpc) is 3.05. The first-order chi connectivity index (χ1) is 11.2. The van der Waals surface area contributed by atoms with E-state index >= 15 is 0 Å². The molecule has 1 aliphatic rings. The number of hydrogen-bond acceptors (Lipinski definition) is 2. The number of hydrogen-bond donors (Lipinski definition) is 0. The van der Waals surface area contributed by atoms with Gasteiger partial charge in [-0.05, 0) is 18.1 Å². The minimum absolute atomic E-state index is 0.0375. The minimum atomic E-state index is -0.0375. The van der Waals surface area contributed by atoms with Crippen LogP contribution in [0, 0.1) is 0 Å². The van der Waals surface area contributed by atoms with Crippen LogP contribution in [-0.4, -0.2) is 23.1 Å². The molecule has 2 aromatic carbocycles. The van der Waals surface area contributed by atoms with E-state index in [9.17, 15) is 4.79 Å². The highest BCUT2D eigenvalue weighted by Gasteiger charge is 2.31. The molecule has 2 aromatic rings. The molecule has 120 valence electrons. The lowest BCUT2D eigenvalue weighted by Crippen LogP contribution is -2.30. The van der Waals surface area contributed by atoms with E-state index in [-0.39, 0.29) is 11.3 Å². The van der Waals surface area contributed by atoms with Crippen LogP contribution in [0.1, 0.15) is 22.9 Å². The first-order valence-electron chi connectivity index (χ1n) is 7.55. The van der Waals surface area contributed by atoms with Crippen LogP contribution < -0.4 is 0 Å². The lowest BCUT2D eigenvalue weighted by molar-refractivity contribution is -0.131. The van der Waals surface area contributed by atoms with E-state index in [2.05, 4.69) is 12.1 Å². The van der Waals surface area contributed by atoms with Gasteiger partial charge in [0.25, 0.3) is 0 Å². The van der Waals surface area contributed by atoms with Crippen LogP contribution in [0.5, 0.6) is 0 Å². The summed E-state index contributed by atoms with van der Waals surface area (Å²) in [5.74, 6) is 1.09. The smallest absolute Gasteiger partial charge is 0.224 e. The van der Waals surface area contributed by atoms with Crippen LogP contribution in [0.3, 0.4) is 0 Å². The number of benzene rings is 2. The molecule has 2 nitrogen and oxygen atoms in total. The zero-order chi connectivity index (χ0) is 16.2. The summed E-state index contributed by atoms with van der Waals surface area (Å²) in [5, 5.41) is 1.05. The second-order valence-electron chi connectivity index (χ2n) is 5.44. The first-order valence-corrected chi connectivity index (χ1v) is 9.36. The van der Waals surface area contributed by atoms with Gasteiger partial charge in [-0.3, -0.25) is 4.79 Å². The SMILES string of the molecule is O=C(CCc1ccccc1)N1CCS[C@H]1c1cccc(Cl)c1Cl. The van der Waals surface area contributed by atoms with Crippen LogP contribution in [0.25, 0.3) is 0 Å². The maximum absolute atomic E-state index is 12.6. The van der Waals surface area contributed by atoms with Crippen LogP contribution >= 0.6 is 35.0 Å². The van der Waals surface area contributed by atoms with Crippen molar-refractivity contribution in [3.63, 3.8) is 0 Å². The van der Waals surface area contributed by atoms with Gasteiger partial charge in [0.2, 0.25) is 5.91 Å². The summed E-state index contributed by atoms with van der Waals surface area (Å²) in [4.78, 5) is 14.6. The highest BCUT2D eigenvalue weighted by Crippen LogP contribution is 2.42. The fraction of sp³-hybridized carbons (Fsp3) is 0.278. The van der Waals surface area contributed by atoms with Gasteiger partial charge in [-0.1, -0.05) is 65.7 Å². The number of rotatable bonds is 4. The van der Waals surface area contributed by atoms with Gasteiger partial charge in [0, 0.05) is 24.3 Å². The molecule has 1 amide bonds. The second-order valence-corrected chi connectivity index (χ2v) is 7.41. The Morgan fingerprint density at radius 3 is 2.70 bits per heavy atom. The largest absolute Gasteiger partial charge is 0.326 e. The zero-order valence-corrected chi connectivity index (χ0v) is 14.9. The molecular weight excluding hydrogens is 349 g/mol. The summed E-state index contributed by atoms with van der Waals surface area (Å²) in [7, 11) is 0. The Labute approximate surface area is 150 Å². The summed E-state index contributed by atoms with van der Waals surface area (Å²) in [5.41, 5.74) is 2.11. The summed E-state index contributed by atoms with van der Waals surface area (Å²) >= 11 is 14.2. The van der Waals surface area contributed by atoms with Crippen molar-refractivity contribution in [1.82, 2.24) is 4.90 Å². The Balaban J connectivity index is 1.71. The Hall–Kier alpha value is -1.16. The highest BCUT2D eigenvalue weighted by molar-refractivity contribution is 7.99. The van der Waals surface area contributed by atoms with Gasteiger partial charge in [-0.15, -0.1) is 11.8 Å². The molecule has 0 radical (unpaired) electrons. The molecule has 0 N–H and O–H groups in total. The lowest BCUT2D eigenvalue weighted by Gasteiger charge is -2.25. The first kappa shape index (κ1) is 16.7. The number of halogens is 2. The van der Waals surface area contributed by atoms with Gasteiger partial charge >= 0.3 is 0 Å². The van der Waals surface area contributed by atoms with Crippen molar-refractivity contribution < 1.29 is 4.79 Å². The maximum atomic E-state index is 12.6. The molecule has 1 heterocycles. The van der Waals surface area contributed by atoms with Crippen molar-refractivity contribution in [2.45, 2.75) is 18.2 Å². The zero-order valence-electron chi connectivity index (χ0n) is 12.5. The standard InChI is InChI=1S/C18H17Cl2NOS/c19-15-8-4-7-14(17(15)20)18-21(11-12-23-18)16(22)10-9-13-5-2-1-3-6-13/h1-8,18H,9-12H2/t18-/m0/s1. The van der Waals surface area contributed by atoms with Gasteiger partial charge < -0.3 is 4.90 Å². The molecule has 0 unspecified atom stereocenters. The molecule has 23 heavy (non-hydrogen) atoms. The second kappa shape index (κ2) is 7.61. The highest BCUT2D eigenvalue weighted by atomic mass is 35.5. The summed E-state index contributed by atoms with van der Waals surface area (Å²) in [6.07, 6.45) is 1.27. The van der Waals surface area contributed by atoms with Gasteiger partial charge in [-0.25, -0.2) is 0 Å². The van der Waals surface area contributed by atoms with E-state index in [1.54, 1.807) is 17.8 Å². The molecule has 0 spiro atoms. The summed E-state index contributed by atoms with van der Waals surface area (Å²) in [6, 6.07) is 15.7. The van der Waals surface area contributed by atoms with Gasteiger partial charge in [-0.2, -0.15) is 0 Å². The number of aryl methyl sites for hydroxylation is 1. The van der Waals surface area contributed by atoms with E-state index < -0.39 is 0 Å². The number of carbonyl (C=O) groups is 1. The van der Waals surface area contributed by atoms with E-state index in [1.807, 2.05) is 35.2 Å². The van der Waals surface area contributed by atoms with E-state index in [1.165, 1.54) is 5.56 Å². The molecule has 0 aliphatic carbocycles. The van der Waals surface area contributed by atoms with Crippen LogP contribution in [0.4, 0.5) is 0 Å². The van der Waals surface area contributed by atoms with Crippen molar-refractivity contribution in [3.05, 3.63) is 69.7 Å². The molecule has 1 atom stereocenters. The third kappa shape index (κ3) is 3.85. The number of amides is 1. The average molecular weight is 366 g/mol. The molecule has 1 fully saturated rings. The topological polar surface area (TPSA) is 20.3 Å². The fourth-order valence-electron chi connectivity index (χ4n) is 2.73. The third-order valence-electron chi connectivity index (χ3n) is 3.93. The van der Waals surface area contributed by atoms with Crippen molar-refractivity contribution >= 4 is 40.9 Å². The Morgan fingerprint density at radius 2 is 1.91 bits per heavy atom. The van der Waals surface area contributed by atoms with Crippen molar-refractivity contribution in [2.75, 3.05) is 12.3 Å². The predicted octanol–water partition coefficient (Wildman–Crippen LogP) is 5.20. The van der Waals surface area contributed by atoms with Gasteiger partial charge in [0.05, 0.1) is 10.0 Å². The number of thioether (sulfide) groups is 1. The molecule has 0 saturated carbocycles. The normalized spacial score (nSPS) is 17.5. The van der Waals surface area contributed by atoms with E-state index in [0.29, 0.717) is 16.5 Å². The number of nitrogens with zero attached hydrogens (tertiary/aromatic N) is 1. The molecular formula is C18H17Cl2NOS. The van der Waals surface area contributed by atoms with Gasteiger partial charge in [0.1, 0.15) is 5.37 Å². The quantitative estimate of drug-likeness (QED) is 0.741. The van der Waals surface area contributed by atoms with Gasteiger partial charge in [0.15, 0.2) is 0 Å². The van der Waals surface area contributed by atoms with Crippen molar-refractivity contribution in [3.8, 4) is 0 Å². The third-order valence-corrected chi connectivity index (χ3v) is 6.01. The van der Waals surface area contributed by atoms with Crippen LogP contribution in [0.2, 0.25) is 10.0 Å². The molecule has 1 saturated heterocycles. The summed E-state index contributed by atoms with van der Waals surface area (Å²) < 4.78 is 0. The van der Waals surface area contributed by atoms with Crippen molar-refractivity contribution in [2.24, 2.45) is 0 Å². The van der Waals surface area contributed by atoms with E-state index in [4.69, 9.17) is 23.2 Å². The van der Waals surface area contributed by atoms with Crippen LogP contribution in [-0.2, 0) is 11.2 Å². The minimum Gasteiger partial charge on any atom is -0.326 e. The predicted molar refractivity (Wildman–Crippen MR) is 98.1 cm³/mol. The molecule has 3 rings (SSSR count). The monoisotopic (exact) mass is 365 g/mol. The lowest BCUT2D eigenvalue weighted by atomic mass is 10.1. The fourth-order valence-corrected chi connectivity index (χ4v) is 4.51. The Kier molecular flexibility index (Phi) is 5.52. The molecule has 1 aliphatic heterocycles. The Bertz CT molecular complexity index is 693.